The minimum atomic E-state index is -4.35. The normalized spacial score (nSPS) is 11.6. The number of rotatable bonds is 6. The van der Waals surface area contributed by atoms with E-state index in [9.17, 15) is 13.2 Å². The van der Waals surface area contributed by atoms with Crippen LogP contribution in [0.3, 0.4) is 0 Å². The van der Waals surface area contributed by atoms with Crippen molar-refractivity contribution in [3.63, 3.8) is 0 Å². The zero-order valence-corrected chi connectivity index (χ0v) is 15.3. The van der Waals surface area contributed by atoms with Crippen LogP contribution in [0, 0.1) is 0 Å². The molecular formula is C21H16ClF3N2O. The van der Waals surface area contributed by atoms with Gasteiger partial charge in [0, 0.05) is 10.6 Å². The van der Waals surface area contributed by atoms with Gasteiger partial charge in [0.25, 0.3) is 0 Å². The lowest BCUT2D eigenvalue weighted by molar-refractivity contribution is -0.137. The van der Waals surface area contributed by atoms with Gasteiger partial charge in [-0.2, -0.15) is 18.3 Å². The number of ether oxygens (including phenoxy) is 1. The summed E-state index contributed by atoms with van der Waals surface area (Å²) in [5.41, 5.74) is 4.11. The molecule has 0 amide bonds. The lowest BCUT2D eigenvalue weighted by Crippen LogP contribution is -2.04. The predicted molar refractivity (Wildman–Crippen MR) is 105 cm³/mol. The number of nitrogens with one attached hydrogen (secondary N) is 1. The average molecular weight is 405 g/mol. The number of alkyl halides is 3. The molecular weight excluding hydrogens is 389 g/mol. The van der Waals surface area contributed by atoms with Crippen molar-refractivity contribution in [2.45, 2.75) is 12.8 Å². The van der Waals surface area contributed by atoms with Crippen LogP contribution in [0.5, 0.6) is 5.75 Å². The molecule has 3 nitrogen and oxygen atoms in total. The Bertz CT molecular complexity index is 956. The van der Waals surface area contributed by atoms with E-state index >= 15 is 0 Å². The second-order valence-electron chi connectivity index (χ2n) is 5.90. The lowest BCUT2D eigenvalue weighted by atomic mass is 10.2. The number of hydrazone groups is 1. The molecule has 0 radical (unpaired) electrons. The Balaban J connectivity index is 1.59. The van der Waals surface area contributed by atoms with Gasteiger partial charge in [0.15, 0.2) is 0 Å². The van der Waals surface area contributed by atoms with Crippen LogP contribution in [0.25, 0.3) is 0 Å². The lowest BCUT2D eigenvalue weighted by Gasteiger charge is -2.08. The van der Waals surface area contributed by atoms with Crippen molar-refractivity contribution in [1.82, 2.24) is 0 Å². The Labute approximate surface area is 165 Å². The van der Waals surface area contributed by atoms with Gasteiger partial charge in [-0.15, -0.1) is 0 Å². The van der Waals surface area contributed by atoms with Crippen LogP contribution < -0.4 is 10.2 Å². The third-order valence-corrected chi connectivity index (χ3v) is 4.20. The summed E-state index contributed by atoms with van der Waals surface area (Å²) in [6.07, 6.45) is -2.80. The van der Waals surface area contributed by atoms with E-state index in [-0.39, 0.29) is 0 Å². The molecule has 0 aliphatic heterocycles. The highest BCUT2D eigenvalue weighted by Gasteiger charge is 2.29. The van der Waals surface area contributed by atoms with Crippen molar-refractivity contribution in [3.8, 4) is 5.75 Å². The molecule has 0 bridgehead atoms. The Morgan fingerprint density at radius 2 is 1.71 bits per heavy atom. The monoisotopic (exact) mass is 404 g/mol. The number of hydrogen-bond acceptors (Lipinski definition) is 3. The van der Waals surface area contributed by atoms with Crippen molar-refractivity contribution >= 4 is 23.5 Å². The number of hydrogen-bond donors (Lipinski definition) is 1. The summed E-state index contributed by atoms with van der Waals surface area (Å²) in [6, 6.07) is 19.4. The minimum Gasteiger partial charge on any atom is -0.489 e. The van der Waals surface area contributed by atoms with Crippen molar-refractivity contribution in [3.05, 3.63) is 94.5 Å². The standard InChI is InChI=1S/C21H16ClF3N2O/c22-20-7-2-1-5-16(20)14-28-19-6-3-4-15(12-19)13-26-27-18-10-8-17(9-11-18)21(23,24)25/h1-13,27H,14H2. The summed E-state index contributed by atoms with van der Waals surface area (Å²) in [6.45, 7) is 0.337. The molecule has 3 aromatic rings. The molecule has 0 aromatic heterocycles. The van der Waals surface area contributed by atoms with Gasteiger partial charge in [0.05, 0.1) is 17.5 Å². The number of nitrogens with zero attached hydrogens (tertiary/aromatic N) is 1. The topological polar surface area (TPSA) is 33.6 Å². The van der Waals surface area contributed by atoms with E-state index in [1.807, 2.05) is 36.4 Å². The first-order chi connectivity index (χ1) is 13.4. The van der Waals surface area contributed by atoms with Crippen LogP contribution in [-0.2, 0) is 12.8 Å². The van der Waals surface area contributed by atoms with Gasteiger partial charge >= 0.3 is 6.18 Å². The summed E-state index contributed by atoms with van der Waals surface area (Å²) in [5, 5.41) is 4.68. The molecule has 0 heterocycles. The first-order valence-corrected chi connectivity index (χ1v) is 8.72. The van der Waals surface area contributed by atoms with Gasteiger partial charge in [-0.25, -0.2) is 0 Å². The molecule has 0 aliphatic carbocycles. The van der Waals surface area contributed by atoms with E-state index in [0.29, 0.717) is 23.1 Å². The smallest absolute Gasteiger partial charge is 0.416 e. The molecule has 0 atom stereocenters. The molecule has 28 heavy (non-hydrogen) atoms. The first-order valence-electron chi connectivity index (χ1n) is 8.34. The van der Waals surface area contributed by atoms with Crippen molar-refractivity contribution < 1.29 is 17.9 Å². The molecule has 0 saturated carbocycles. The fourth-order valence-corrected chi connectivity index (χ4v) is 2.57. The molecule has 7 heteroatoms. The zero-order chi connectivity index (χ0) is 20.0. The van der Waals surface area contributed by atoms with E-state index in [4.69, 9.17) is 16.3 Å². The van der Waals surface area contributed by atoms with Crippen LogP contribution in [0.1, 0.15) is 16.7 Å². The van der Waals surface area contributed by atoms with Crippen molar-refractivity contribution in [1.29, 1.82) is 0 Å². The molecule has 144 valence electrons. The Kier molecular flexibility index (Phi) is 6.21. The summed E-state index contributed by atoms with van der Waals surface area (Å²) < 4.78 is 43.4. The highest BCUT2D eigenvalue weighted by Crippen LogP contribution is 2.29. The summed E-state index contributed by atoms with van der Waals surface area (Å²) in [7, 11) is 0. The van der Waals surface area contributed by atoms with Gasteiger partial charge < -0.3 is 4.74 Å². The third kappa shape index (κ3) is 5.50. The van der Waals surface area contributed by atoms with E-state index in [0.717, 1.165) is 23.3 Å². The molecule has 0 saturated heterocycles. The van der Waals surface area contributed by atoms with Gasteiger partial charge in [0.1, 0.15) is 12.4 Å². The average Bonchev–Trinajstić information content (AvgIpc) is 2.67. The fraction of sp³-hybridized carbons (Fsp3) is 0.0952. The molecule has 0 aliphatic rings. The van der Waals surface area contributed by atoms with Gasteiger partial charge in [-0.05, 0) is 48.0 Å². The van der Waals surface area contributed by atoms with E-state index in [2.05, 4.69) is 10.5 Å². The quantitative estimate of drug-likeness (QED) is 0.382. The summed E-state index contributed by atoms with van der Waals surface area (Å²) in [5.74, 6) is 0.651. The molecule has 1 N–H and O–H groups in total. The van der Waals surface area contributed by atoms with E-state index in [1.54, 1.807) is 18.3 Å². The molecule has 0 fully saturated rings. The molecule has 3 rings (SSSR count). The zero-order valence-electron chi connectivity index (χ0n) is 14.6. The van der Waals surface area contributed by atoms with Crippen molar-refractivity contribution in [2.24, 2.45) is 5.10 Å². The second-order valence-corrected chi connectivity index (χ2v) is 6.30. The Hall–Kier alpha value is -2.99. The van der Waals surface area contributed by atoms with E-state index < -0.39 is 11.7 Å². The summed E-state index contributed by atoms with van der Waals surface area (Å²) >= 11 is 6.11. The summed E-state index contributed by atoms with van der Waals surface area (Å²) in [4.78, 5) is 0. The maximum Gasteiger partial charge on any atom is 0.416 e. The van der Waals surface area contributed by atoms with Crippen LogP contribution in [0.4, 0.5) is 18.9 Å². The van der Waals surface area contributed by atoms with Crippen molar-refractivity contribution in [2.75, 3.05) is 5.43 Å². The Morgan fingerprint density at radius 3 is 2.43 bits per heavy atom. The molecule has 3 aromatic carbocycles. The highest BCUT2D eigenvalue weighted by atomic mass is 35.5. The highest BCUT2D eigenvalue weighted by molar-refractivity contribution is 6.31. The van der Waals surface area contributed by atoms with Crippen LogP contribution in [-0.4, -0.2) is 6.21 Å². The van der Waals surface area contributed by atoms with Gasteiger partial charge in [-0.1, -0.05) is 41.9 Å². The Morgan fingerprint density at radius 1 is 0.964 bits per heavy atom. The largest absolute Gasteiger partial charge is 0.489 e. The fourth-order valence-electron chi connectivity index (χ4n) is 2.38. The van der Waals surface area contributed by atoms with Crippen LogP contribution in [0.2, 0.25) is 5.02 Å². The molecule has 0 spiro atoms. The minimum absolute atomic E-state index is 0.337. The number of anilines is 1. The SMILES string of the molecule is FC(F)(F)c1ccc(NN=Cc2cccc(OCc3ccccc3Cl)c2)cc1. The maximum atomic E-state index is 12.6. The second kappa shape index (κ2) is 8.80. The first kappa shape index (κ1) is 19.8. The van der Waals surface area contributed by atoms with Crippen LogP contribution in [0.15, 0.2) is 77.9 Å². The number of benzene rings is 3. The van der Waals surface area contributed by atoms with E-state index in [1.165, 1.54) is 12.1 Å². The van der Waals surface area contributed by atoms with Gasteiger partial charge in [0.2, 0.25) is 0 Å². The third-order valence-electron chi connectivity index (χ3n) is 3.83. The predicted octanol–water partition coefficient (Wildman–Crippen LogP) is 6.38. The molecule has 0 unspecified atom stereocenters. The maximum absolute atomic E-state index is 12.6. The number of halogens is 4. The van der Waals surface area contributed by atoms with Gasteiger partial charge in [-0.3, -0.25) is 5.43 Å². The van der Waals surface area contributed by atoms with Crippen LogP contribution >= 0.6 is 11.6 Å².